The highest BCUT2D eigenvalue weighted by molar-refractivity contribution is 5.76. The van der Waals surface area contributed by atoms with Gasteiger partial charge in [0, 0.05) is 37.5 Å². The molecule has 2 saturated heterocycles. The van der Waals surface area contributed by atoms with E-state index in [1.807, 2.05) is 43.9 Å². The van der Waals surface area contributed by atoms with Crippen LogP contribution in [0.2, 0.25) is 0 Å². The van der Waals surface area contributed by atoms with Crippen molar-refractivity contribution in [3.05, 3.63) is 35.9 Å². The molecule has 6 nitrogen and oxygen atoms in total. The summed E-state index contributed by atoms with van der Waals surface area (Å²) in [5.74, 6) is 0.260. The molecule has 6 heteroatoms. The minimum atomic E-state index is -0.500. The third kappa shape index (κ3) is 4.18. The van der Waals surface area contributed by atoms with Crippen LogP contribution in [0.5, 0.6) is 0 Å². The standard InChI is InChI=1S/C20H29N3O3/c1-20(2,3)26-19(25)22-10-9-17-16(12-22)15(11-23(17)13-18(21)24)14-7-5-4-6-8-14/h4-8,15-17H,9-13H2,1-3H3,(H2,21,24)/t15-,16-,17-/m0/s1. The Morgan fingerprint density at radius 1 is 1.19 bits per heavy atom. The van der Waals surface area contributed by atoms with E-state index in [1.165, 1.54) is 5.56 Å². The molecule has 3 atom stereocenters. The van der Waals surface area contributed by atoms with Gasteiger partial charge in [0.1, 0.15) is 5.60 Å². The maximum atomic E-state index is 12.5. The average molecular weight is 359 g/mol. The first-order valence-electron chi connectivity index (χ1n) is 9.30. The van der Waals surface area contributed by atoms with Gasteiger partial charge < -0.3 is 15.4 Å². The molecule has 2 N–H and O–H groups in total. The lowest BCUT2D eigenvalue weighted by molar-refractivity contribution is -0.119. The minimum absolute atomic E-state index is 0.254. The lowest BCUT2D eigenvalue weighted by Gasteiger charge is -2.39. The van der Waals surface area contributed by atoms with Crippen molar-refractivity contribution in [3.63, 3.8) is 0 Å². The first kappa shape index (κ1) is 18.7. The summed E-state index contributed by atoms with van der Waals surface area (Å²) in [5, 5.41) is 0. The van der Waals surface area contributed by atoms with Gasteiger partial charge in [0.15, 0.2) is 0 Å². The number of piperidine rings is 1. The Bertz CT molecular complexity index is 656. The number of rotatable bonds is 3. The summed E-state index contributed by atoms with van der Waals surface area (Å²) in [4.78, 5) is 28.0. The molecule has 142 valence electrons. The minimum Gasteiger partial charge on any atom is -0.444 e. The molecule has 0 spiro atoms. The van der Waals surface area contributed by atoms with Gasteiger partial charge in [-0.2, -0.15) is 0 Å². The topological polar surface area (TPSA) is 75.9 Å². The summed E-state index contributed by atoms with van der Waals surface area (Å²) in [6.07, 6.45) is 0.580. The predicted octanol–water partition coefficient (Wildman–Crippen LogP) is 2.20. The van der Waals surface area contributed by atoms with Crippen molar-refractivity contribution in [3.8, 4) is 0 Å². The molecule has 26 heavy (non-hydrogen) atoms. The zero-order chi connectivity index (χ0) is 18.9. The first-order valence-corrected chi connectivity index (χ1v) is 9.30. The highest BCUT2D eigenvalue weighted by atomic mass is 16.6. The lowest BCUT2D eigenvalue weighted by Crippen LogP contribution is -2.50. The van der Waals surface area contributed by atoms with E-state index in [9.17, 15) is 9.59 Å². The number of carbonyl (C=O) groups is 2. The van der Waals surface area contributed by atoms with E-state index in [4.69, 9.17) is 10.5 Å². The molecule has 1 aromatic carbocycles. The fourth-order valence-corrected chi connectivity index (χ4v) is 4.27. The molecule has 0 aromatic heterocycles. The van der Waals surface area contributed by atoms with Gasteiger partial charge in [0.2, 0.25) is 5.91 Å². The Labute approximate surface area is 155 Å². The van der Waals surface area contributed by atoms with Crippen molar-refractivity contribution in [1.29, 1.82) is 0 Å². The number of hydrogen-bond donors (Lipinski definition) is 1. The summed E-state index contributed by atoms with van der Waals surface area (Å²) < 4.78 is 5.56. The Balaban J connectivity index is 1.79. The molecule has 2 fully saturated rings. The van der Waals surface area contributed by atoms with Crippen molar-refractivity contribution in [2.24, 2.45) is 11.7 Å². The van der Waals surface area contributed by atoms with Crippen molar-refractivity contribution in [2.75, 3.05) is 26.2 Å². The van der Waals surface area contributed by atoms with E-state index >= 15 is 0 Å². The highest BCUT2D eigenvalue weighted by Gasteiger charge is 2.46. The van der Waals surface area contributed by atoms with Crippen LogP contribution in [0.1, 0.15) is 38.7 Å². The molecule has 1 aromatic rings. The molecule has 2 amide bonds. The highest BCUT2D eigenvalue weighted by Crippen LogP contribution is 2.41. The maximum absolute atomic E-state index is 12.5. The molecule has 0 unspecified atom stereocenters. The fourth-order valence-electron chi connectivity index (χ4n) is 4.27. The summed E-state index contributed by atoms with van der Waals surface area (Å²) in [6, 6.07) is 10.6. The maximum Gasteiger partial charge on any atom is 0.410 e. The molecule has 2 aliphatic rings. The van der Waals surface area contributed by atoms with Gasteiger partial charge in [0.05, 0.1) is 6.54 Å². The van der Waals surface area contributed by atoms with Crippen LogP contribution in [0.25, 0.3) is 0 Å². The van der Waals surface area contributed by atoms with E-state index in [-0.39, 0.29) is 36.4 Å². The van der Waals surface area contributed by atoms with E-state index in [0.717, 1.165) is 13.0 Å². The van der Waals surface area contributed by atoms with E-state index in [1.54, 1.807) is 0 Å². The molecule has 0 aliphatic carbocycles. The molecule has 0 radical (unpaired) electrons. The third-order valence-electron chi connectivity index (χ3n) is 5.28. The van der Waals surface area contributed by atoms with Gasteiger partial charge in [-0.1, -0.05) is 30.3 Å². The van der Waals surface area contributed by atoms with Crippen molar-refractivity contribution >= 4 is 12.0 Å². The number of fused-ring (bicyclic) bond motifs is 1. The molecule has 2 heterocycles. The van der Waals surface area contributed by atoms with E-state index in [2.05, 4.69) is 17.0 Å². The summed E-state index contributed by atoms with van der Waals surface area (Å²) in [6.45, 7) is 8.01. The molecule has 3 rings (SSSR count). The van der Waals surface area contributed by atoms with Gasteiger partial charge >= 0.3 is 6.09 Å². The second kappa shape index (κ2) is 7.27. The number of likely N-dealkylation sites (tertiary alicyclic amines) is 2. The van der Waals surface area contributed by atoms with Crippen molar-refractivity contribution in [1.82, 2.24) is 9.80 Å². The van der Waals surface area contributed by atoms with Crippen LogP contribution in [-0.2, 0) is 9.53 Å². The van der Waals surface area contributed by atoms with E-state index < -0.39 is 5.60 Å². The van der Waals surface area contributed by atoms with Gasteiger partial charge in [-0.3, -0.25) is 9.69 Å². The van der Waals surface area contributed by atoms with Crippen LogP contribution >= 0.6 is 0 Å². The number of carbonyl (C=O) groups excluding carboxylic acids is 2. The number of ether oxygens (including phenoxy) is 1. The Morgan fingerprint density at radius 3 is 2.50 bits per heavy atom. The number of amides is 2. The summed E-state index contributed by atoms with van der Waals surface area (Å²) in [5.41, 5.74) is 6.21. The van der Waals surface area contributed by atoms with Crippen LogP contribution in [-0.4, -0.2) is 59.6 Å². The van der Waals surface area contributed by atoms with Crippen LogP contribution < -0.4 is 5.73 Å². The van der Waals surface area contributed by atoms with Crippen LogP contribution in [0.4, 0.5) is 4.79 Å². The largest absolute Gasteiger partial charge is 0.444 e. The Hall–Kier alpha value is -2.08. The van der Waals surface area contributed by atoms with Gasteiger partial charge in [-0.05, 0) is 32.8 Å². The Kier molecular flexibility index (Phi) is 5.23. The second-order valence-corrected chi connectivity index (χ2v) is 8.36. The first-order chi connectivity index (χ1) is 12.2. The number of hydrogen-bond acceptors (Lipinski definition) is 4. The molecule has 0 saturated carbocycles. The zero-order valence-corrected chi connectivity index (χ0v) is 15.9. The number of nitrogens with two attached hydrogens (primary N) is 1. The van der Waals surface area contributed by atoms with Crippen LogP contribution in [0.3, 0.4) is 0 Å². The predicted molar refractivity (Wildman–Crippen MR) is 99.7 cm³/mol. The lowest BCUT2D eigenvalue weighted by atomic mass is 9.82. The third-order valence-corrected chi connectivity index (χ3v) is 5.28. The average Bonchev–Trinajstić information content (AvgIpc) is 2.91. The Morgan fingerprint density at radius 2 is 1.88 bits per heavy atom. The molecule has 0 bridgehead atoms. The van der Waals surface area contributed by atoms with Crippen LogP contribution in [0, 0.1) is 5.92 Å². The number of benzene rings is 1. The van der Waals surface area contributed by atoms with Crippen molar-refractivity contribution < 1.29 is 14.3 Å². The zero-order valence-electron chi connectivity index (χ0n) is 15.9. The molecular formula is C20H29N3O3. The second-order valence-electron chi connectivity index (χ2n) is 8.36. The summed E-state index contributed by atoms with van der Waals surface area (Å²) >= 11 is 0. The number of primary amides is 1. The normalized spacial score (nSPS) is 26.4. The smallest absolute Gasteiger partial charge is 0.410 e. The quantitative estimate of drug-likeness (QED) is 0.898. The fraction of sp³-hybridized carbons (Fsp3) is 0.600. The molecule has 2 aliphatic heterocycles. The molecular weight excluding hydrogens is 330 g/mol. The van der Waals surface area contributed by atoms with Gasteiger partial charge in [0.25, 0.3) is 0 Å². The van der Waals surface area contributed by atoms with E-state index in [0.29, 0.717) is 13.1 Å². The summed E-state index contributed by atoms with van der Waals surface area (Å²) in [7, 11) is 0. The van der Waals surface area contributed by atoms with Gasteiger partial charge in [-0.25, -0.2) is 4.79 Å². The number of nitrogens with zero attached hydrogens (tertiary/aromatic N) is 2. The SMILES string of the molecule is CC(C)(C)OC(=O)N1CC[C@H]2[C@@H](C1)[C@H](c1ccccc1)CN2CC(N)=O. The monoisotopic (exact) mass is 359 g/mol. The van der Waals surface area contributed by atoms with Crippen LogP contribution in [0.15, 0.2) is 30.3 Å². The van der Waals surface area contributed by atoms with Gasteiger partial charge in [-0.15, -0.1) is 0 Å². The van der Waals surface area contributed by atoms with Crippen molar-refractivity contribution in [2.45, 2.75) is 44.8 Å².